The highest BCUT2D eigenvalue weighted by Gasteiger charge is 2.37. The second-order valence-electron chi connectivity index (χ2n) is 6.50. The van der Waals surface area contributed by atoms with Crippen LogP contribution in [-0.4, -0.2) is 35.0 Å². The number of hydrogen-bond acceptors (Lipinski definition) is 6. The second-order valence-corrected chi connectivity index (χ2v) is 7.41. The van der Waals surface area contributed by atoms with Gasteiger partial charge in [-0.2, -0.15) is 0 Å². The van der Waals surface area contributed by atoms with Gasteiger partial charge in [0.2, 0.25) is 5.91 Å². The molecule has 1 aliphatic heterocycles. The molecular formula is C18H20N4O2S. The third kappa shape index (κ3) is 3.00. The number of aromatic nitrogens is 2. The van der Waals surface area contributed by atoms with Crippen LogP contribution >= 0.6 is 11.3 Å². The van der Waals surface area contributed by atoms with Gasteiger partial charge in [0.25, 0.3) is 0 Å². The summed E-state index contributed by atoms with van der Waals surface area (Å²) in [4.78, 5) is 23.1. The van der Waals surface area contributed by atoms with Crippen LogP contribution < -0.4 is 10.2 Å². The molecule has 0 aromatic carbocycles. The highest BCUT2D eigenvalue weighted by Crippen LogP contribution is 2.36. The van der Waals surface area contributed by atoms with E-state index in [1.807, 2.05) is 37.4 Å². The van der Waals surface area contributed by atoms with Crippen molar-refractivity contribution in [3.05, 3.63) is 40.9 Å². The fraction of sp³-hybridized carbons (Fsp3) is 0.389. The molecule has 1 fully saturated rings. The Bertz CT molecular complexity index is 932. The van der Waals surface area contributed by atoms with E-state index in [2.05, 4.69) is 20.2 Å². The number of rotatable bonds is 3. The summed E-state index contributed by atoms with van der Waals surface area (Å²) in [5.74, 6) is 3.57. The Labute approximate surface area is 149 Å². The van der Waals surface area contributed by atoms with Crippen molar-refractivity contribution in [2.75, 3.05) is 18.0 Å². The fourth-order valence-electron chi connectivity index (χ4n) is 3.50. The molecule has 7 heteroatoms. The number of amides is 1. The number of thiophene rings is 1. The Morgan fingerprint density at radius 2 is 2.12 bits per heavy atom. The van der Waals surface area contributed by atoms with Crippen molar-refractivity contribution in [2.45, 2.75) is 32.7 Å². The number of nitrogens with one attached hydrogen (secondary N) is 1. The third-order valence-electron chi connectivity index (χ3n) is 4.53. The molecule has 4 heterocycles. The van der Waals surface area contributed by atoms with Gasteiger partial charge in [-0.25, -0.2) is 9.97 Å². The van der Waals surface area contributed by atoms with Gasteiger partial charge in [0, 0.05) is 20.0 Å². The van der Waals surface area contributed by atoms with Gasteiger partial charge in [-0.3, -0.25) is 4.79 Å². The maximum atomic E-state index is 11.7. The fourth-order valence-corrected chi connectivity index (χ4v) is 4.35. The van der Waals surface area contributed by atoms with Gasteiger partial charge in [-0.15, -0.1) is 11.3 Å². The van der Waals surface area contributed by atoms with Crippen LogP contribution in [0.5, 0.6) is 0 Å². The number of fused-ring (bicyclic) bond motifs is 1. The molecule has 3 aromatic heterocycles. The first-order valence-corrected chi connectivity index (χ1v) is 9.19. The van der Waals surface area contributed by atoms with Crippen molar-refractivity contribution in [1.29, 1.82) is 0 Å². The minimum atomic E-state index is -0.0275. The highest BCUT2D eigenvalue weighted by molar-refractivity contribution is 7.17. The molecule has 6 nitrogen and oxygen atoms in total. The first kappa shape index (κ1) is 16.1. The van der Waals surface area contributed by atoms with Crippen molar-refractivity contribution < 1.29 is 9.21 Å². The molecule has 130 valence electrons. The molecule has 0 unspecified atom stereocenters. The van der Waals surface area contributed by atoms with Crippen molar-refractivity contribution >= 4 is 33.3 Å². The number of aryl methyl sites for hydroxylation is 2. The predicted octanol–water partition coefficient (Wildman–Crippen LogP) is 3.01. The second kappa shape index (κ2) is 6.15. The van der Waals surface area contributed by atoms with E-state index in [-0.39, 0.29) is 17.9 Å². The van der Waals surface area contributed by atoms with E-state index < -0.39 is 0 Å². The van der Waals surface area contributed by atoms with Crippen LogP contribution in [0.4, 0.5) is 5.82 Å². The van der Waals surface area contributed by atoms with Gasteiger partial charge < -0.3 is 14.6 Å². The molecule has 0 radical (unpaired) electrons. The molecular weight excluding hydrogens is 336 g/mol. The molecule has 0 spiro atoms. The summed E-state index contributed by atoms with van der Waals surface area (Å²) in [6, 6.07) is 5.99. The number of carbonyl (C=O) groups is 1. The van der Waals surface area contributed by atoms with Gasteiger partial charge >= 0.3 is 0 Å². The zero-order valence-corrected chi connectivity index (χ0v) is 15.3. The molecule has 2 atom stereocenters. The zero-order valence-electron chi connectivity index (χ0n) is 14.4. The normalized spacial score (nSPS) is 20.4. The molecule has 0 bridgehead atoms. The van der Waals surface area contributed by atoms with E-state index in [1.54, 1.807) is 18.3 Å². The van der Waals surface area contributed by atoms with Crippen LogP contribution in [0.25, 0.3) is 10.2 Å². The minimum Gasteiger partial charge on any atom is -0.466 e. The Morgan fingerprint density at radius 3 is 2.84 bits per heavy atom. The Hall–Kier alpha value is -2.41. The summed E-state index contributed by atoms with van der Waals surface area (Å²) in [6.07, 6.45) is 0. The Morgan fingerprint density at radius 1 is 1.28 bits per heavy atom. The first-order chi connectivity index (χ1) is 12.0. The summed E-state index contributed by atoms with van der Waals surface area (Å²) in [6.45, 7) is 6.86. The zero-order chi connectivity index (χ0) is 17.6. The van der Waals surface area contributed by atoms with Crippen LogP contribution in [-0.2, 0) is 4.79 Å². The van der Waals surface area contributed by atoms with Gasteiger partial charge in [0.1, 0.15) is 23.2 Å². The van der Waals surface area contributed by atoms with Crippen LogP contribution in [0.15, 0.2) is 28.0 Å². The molecule has 0 saturated carbocycles. The van der Waals surface area contributed by atoms with E-state index in [1.165, 1.54) is 0 Å². The van der Waals surface area contributed by atoms with Gasteiger partial charge in [-0.05, 0) is 37.4 Å². The quantitative estimate of drug-likeness (QED) is 0.781. The van der Waals surface area contributed by atoms with Gasteiger partial charge in [0.15, 0.2) is 0 Å². The standard InChI is InChI=1S/C18H20N4O2S/c1-10-4-5-16(24-10)13-8-22(9-15(13)21-12(3)23)18-17-14(6-7-25-17)19-11(2)20-18/h4-7,13,15H,8-9H2,1-3H3,(H,21,23)/t13-,15-/m1/s1. The lowest BCUT2D eigenvalue weighted by molar-refractivity contribution is -0.119. The van der Waals surface area contributed by atoms with E-state index in [0.29, 0.717) is 6.54 Å². The number of carbonyl (C=O) groups excluding carboxylic acids is 1. The van der Waals surface area contributed by atoms with Crippen molar-refractivity contribution in [3.8, 4) is 0 Å². The number of nitrogens with zero attached hydrogens (tertiary/aromatic N) is 3. The molecule has 0 aliphatic carbocycles. The van der Waals surface area contributed by atoms with Gasteiger partial charge in [0.05, 0.1) is 22.2 Å². The maximum absolute atomic E-state index is 11.7. The SMILES string of the molecule is CC(=O)N[C@@H]1CN(c2nc(C)nc3ccsc23)C[C@H]1c1ccc(C)o1. The minimum absolute atomic E-state index is 0.00617. The lowest BCUT2D eigenvalue weighted by Crippen LogP contribution is -2.38. The van der Waals surface area contributed by atoms with Crippen LogP contribution in [0.2, 0.25) is 0 Å². The smallest absolute Gasteiger partial charge is 0.217 e. The molecule has 1 N–H and O–H groups in total. The van der Waals surface area contributed by atoms with E-state index in [0.717, 1.165) is 39.9 Å². The number of furan rings is 1. The molecule has 4 rings (SSSR count). The summed E-state index contributed by atoms with van der Waals surface area (Å²) in [5, 5.41) is 5.11. The number of anilines is 1. The average molecular weight is 356 g/mol. The Kier molecular flexibility index (Phi) is 3.95. The molecule has 1 saturated heterocycles. The lowest BCUT2D eigenvalue weighted by atomic mass is 10.0. The molecule has 1 amide bonds. The van der Waals surface area contributed by atoms with Crippen molar-refractivity contribution in [3.63, 3.8) is 0 Å². The monoisotopic (exact) mass is 356 g/mol. The van der Waals surface area contributed by atoms with Gasteiger partial charge in [-0.1, -0.05) is 0 Å². The van der Waals surface area contributed by atoms with E-state index in [4.69, 9.17) is 4.42 Å². The maximum Gasteiger partial charge on any atom is 0.217 e. The predicted molar refractivity (Wildman–Crippen MR) is 98.2 cm³/mol. The van der Waals surface area contributed by atoms with E-state index in [9.17, 15) is 4.79 Å². The number of hydrogen-bond donors (Lipinski definition) is 1. The van der Waals surface area contributed by atoms with Crippen molar-refractivity contribution in [2.24, 2.45) is 0 Å². The van der Waals surface area contributed by atoms with Crippen LogP contribution in [0, 0.1) is 13.8 Å². The molecule has 25 heavy (non-hydrogen) atoms. The first-order valence-electron chi connectivity index (χ1n) is 8.31. The molecule has 3 aromatic rings. The summed E-state index contributed by atoms with van der Waals surface area (Å²) >= 11 is 1.65. The topological polar surface area (TPSA) is 71.3 Å². The average Bonchev–Trinajstić information content (AvgIpc) is 3.25. The largest absolute Gasteiger partial charge is 0.466 e. The Balaban J connectivity index is 1.71. The summed E-state index contributed by atoms with van der Waals surface area (Å²) in [7, 11) is 0. The van der Waals surface area contributed by atoms with E-state index >= 15 is 0 Å². The van der Waals surface area contributed by atoms with Crippen molar-refractivity contribution in [1.82, 2.24) is 15.3 Å². The lowest BCUT2D eigenvalue weighted by Gasteiger charge is -2.18. The third-order valence-corrected chi connectivity index (χ3v) is 5.43. The highest BCUT2D eigenvalue weighted by atomic mass is 32.1. The van der Waals surface area contributed by atoms with Crippen LogP contribution in [0.1, 0.15) is 30.2 Å². The van der Waals surface area contributed by atoms with Crippen LogP contribution in [0.3, 0.4) is 0 Å². The summed E-state index contributed by atoms with van der Waals surface area (Å²) < 4.78 is 6.94. The summed E-state index contributed by atoms with van der Waals surface area (Å²) in [5.41, 5.74) is 0.973. The molecule has 1 aliphatic rings.